The lowest BCUT2D eigenvalue weighted by atomic mass is 9.75. The van der Waals surface area contributed by atoms with Crippen molar-refractivity contribution in [1.82, 2.24) is 10.2 Å². The van der Waals surface area contributed by atoms with E-state index >= 15 is 0 Å². The summed E-state index contributed by atoms with van der Waals surface area (Å²) in [5.74, 6) is 0.669. The van der Waals surface area contributed by atoms with Gasteiger partial charge in [0.05, 0.1) is 0 Å². The molecule has 0 aromatic carbocycles. The fourth-order valence-corrected chi connectivity index (χ4v) is 2.83. The molecule has 17 heavy (non-hydrogen) atoms. The van der Waals surface area contributed by atoms with Crippen LogP contribution in [0.15, 0.2) is 0 Å². The third-order valence-corrected chi connectivity index (χ3v) is 4.17. The van der Waals surface area contributed by atoms with Crippen LogP contribution >= 0.6 is 11.6 Å². The van der Waals surface area contributed by atoms with Crippen LogP contribution in [0.1, 0.15) is 39.5 Å². The minimum absolute atomic E-state index is 0.0638. The van der Waals surface area contributed by atoms with Crippen molar-refractivity contribution < 1.29 is 4.79 Å². The van der Waals surface area contributed by atoms with E-state index in [0.717, 1.165) is 18.8 Å². The Morgan fingerprint density at radius 1 is 1.59 bits per heavy atom. The molecule has 3 unspecified atom stereocenters. The lowest BCUT2D eigenvalue weighted by Gasteiger charge is -2.45. The van der Waals surface area contributed by atoms with Crippen molar-refractivity contribution in [3.8, 4) is 0 Å². The number of alkyl halides is 1. The summed E-state index contributed by atoms with van der Waals surface area (Å²) in [5, 5.41) is 2.53. The van der Waals surface area contributed by atoms with Crippen LogP contribution in [0, 0.1) is 5.92 Å². The molecule has 1 N–H and O–H groups in total. The van der Waals surface area contributed by atoms with E-state index in [2.05, 4.69) is 31.2 Å². The summed E-state index contributed by atoms with van der Waals surface area (Å²) >= 11 is 5.77. The molecule has 1 aliphatic rings. The van der Waals surface area contributed by atoms with Crippen molar-refractivity contribution in [3.05, 3.63) is 0 Å². The summed E-state index contributed by atoms with van der Waals surface area (Å²) in [7, 11) is 4.21. The number of hydrogen-bond acceptors (Lipinski definition) is 2. The number of rotatable bonds is 4. The van der Waals surface area contributed by atoms with Crippen LogP contribution in [0.2, 0.25) is 0 Å². The van der Waals surface area contributed by atoms with Crippen LogP contribution in [0.25, 0.3) is 0 Å². The molecule has 0 radical (unpaired) electrons. The molecule has 1 rings (SSSR count). The van der Waals surface area contributed by atoms with Gasteiger partial charge in [-0.2, -0.15) is 0 Å². The topological polar surface area (TPSA) is 32.3 Å². The third kappa shape index (κ3) is 3.85. The maximum absolute atomic E-state index is 11.6. The van der Waals surface area contributed by atoms with Crippen LogP contribution in [-0.2, 0) is 4.79 Å². The molecule has 1 saturated carbocycles. The Morgan fingerprint density at radius 3 is 2.71 bits per heavy atom. The lowest BCUT2D eigenvalue weighted by molar-refractivity contribution is -0.121. The van der Waals surface area contributed by atoms with Crippen molar-refractivity contribution in [3.63, 3.8) is 0 Å². The van der Waals surface area contributed by atoms with E-state index in [9.17, 15) is 4.79 Å². The average Bonchev–Trinajstić information content (AvgIpc) is 2.25. The van der Waals surface area contributed by atoms with E-state index in [1.54, 1.807) is 6.92 Å². The zero-order valence-electron chi connectivity index (χ0n) is 11.4. The summed E-state index contributed by atoms with van der Waals surface area (Å²) in [6.45, 7) is 4.71. The molecule has 3 nitrogen and oxygen atoms in total. The number of nitrogens with zero attached hydrogens (tertiary/aromatic N) is 1. The minimum Gasteiger partial charge on any atom is -0.353 e. The Bertz CT molecular complexity index is 268. The van der Waals surface area contributed by atoms with Gasteiger partial charge in [-0.1, -0.05) is 19.8 Å². The van der Waals surface area contributed by atoms with Crippen molar-refractivity contribution in [2.24, 2.45) is 5.92 Å². The van der Waals surface area contributed by atoms with Gasteiger partial charge in [0.25, 0.3) is 0 Å². The van der Waals surface area contributed by atoms with Crippen molar-refractivity contribution >= 4 is 17.5 Å². The van der Waals surface area contributed by atoms with Crippen molar-refractivity contribution in [2.75, 3.05) is 20.6 Å². The maximum Gasteiger partial charge on any atom is 0.237 e. The van der Waals surface area contributed by atoms with Crippen molar-refractivity contribution in [1.29, 1.82) is 0 Å². The highest BCUT2D eigenvalue weighted by Crippen LogP contribution is 2.35. The molecule has 1 fully saturated rings. The van der Waals surface area contributed by atoms with E-state index in [1.807, 2.05) is 0 Å². The van der Waals surface area contributed by atoms with E-state index in [-0.39, 0.29) is 11.4 Å². The largest absolute Gasteiger partial charge is 0.353 e. The highest BCUT2D eigenvalue weighted by Gasteiger charge is 2.37. The highest BCUT2D eigenvalue weighted by molar-refractivity contribution is 6.30. The number of amides is 1. The Morgan fingerprint density at radius 2 is 2.24 bits per heavy atom. The third-order valence-electron chi connectivity index (χ3n) is 3.97. The predicted octanol–water partition coefficient (Wildman–Crippen LogP) is 2.24. The summed E-state index contributed by atoms with van der Waals surface area (Å²) < 4.78 is 0. The fourth-order valence-electron chi connectivity index (χ4n) is 2.75. The lowest BCUT2D eigenvalue weighted by Crippen LogP contribution is -2.55. The SMILES string of the molecule is CC1CCCC(CNC(=O)C(C)Cl)(N(C)C)C1. The molecule has 0 saturated heterocycles. The number of carbonyl (C=O) groups is 1. The fraction of sp³-hybridized carbons (Fsp3) is 0.923. The summed E-state index contributed by atoms with van der Waals surface area (Å²) in [6, 6.07) is 0. The summed E-state index contributed by atoms with van der Waals surface area (Å²) in [4.78, 5) is 13.8. The minimum atomic E-state index is -0.449. The van der Waals surface area contributed by atoms with Gasteiger partial charge in [-0.15, -0.1) is 11.6 Å². The van der Waals surface area contributed by atoms with Gasteiger partial charge in [-0.25, -0.2) is 0 Å². The molecule has 0 aromatic heterocycles. The van der Waals surface area contributed by atoms with Gasteiger partial charge in [-0.05, 0) is 39.8 Å². The summed E-state index contributed by atoms with van der Waals surface area (Å²) in [5.41, 5.74) is 0.110. The van der Waals surface area contributed by atoms with Crippen molar-refractivity contribution in [2.45, 2.75) is 50.4 Å². The van der Waals surface area contributed by atoms with Gasteiger partial charge in [0.1, 0.15) is 5.38 Å². The smallest absolute Gasteiger partial charge is 0.237 e. The standard InChI is InChI=1S/C13H25ClN2O/c1-10-6-5-7-13(8-10,16(3)4)9-15-12(17)11(2)14/h10-11H,5-9H2,1-4H3,(H,15,17). The molecule has 0 aromatic rings. The number of nitrogens with one attached hydrogen (secondary N) is 1. The van der Waals surface area contributed by atoms with Crippen LogP contribution in [-0.4, -0.2) is 42.4 Å². The summed E-state index contributed by atoms with van der Waals surface area (Å²) in [6.07, 6.45) is 4.85. The second-order valence-electron chi connectivity index (χ2n) is 5.65. The molecule has 0 heterocycles. The molecule has 100 valence electrons. The normalized spacial score (nSPS) is 31.3. The van der Waals surface area contributed by atoms with Gasteiger partial charge in [0.2, 0.25) is 5.91 Å². The Kier molecular flexibility index (Phi) is 5.26. The second-order valence-corrected chi connectivity index (χ2v) is 6.31. The Balaban J connectivity index is 2.62. The Hall–Kier alpha value is -0.280. The monoisotopic (exact) mass is 260 g/mol. The molecule has 0 spiro atoms. The van der Waals surface area contributed by atoms with Crippen LogP contribution < -0.4 is 5.32 Å². The molecule has 4 heteroatoms. The Labute approximate surface area is 110 Å². The van der Waals surface area contributed by atoms with E-state index < -0.39 is 5.38 Å². The zero-order valence-corrected chi connectivity index (χ0v) is 12.2. The molecular weight excluding hydrogens is 236 g/mol. The number of halogens is 1. The van der Waals surface area contributed by atoms with Gasteiger partial charge in [0, 0.05) is 12.1 Å². The maximum atomic E-state index is 11.6. The first-order chi connectivity index (χ1) is 7.87. The molecule has 0 aliphatic heterocycles. The number of hydrogen-bond donors (Lipinski definition) is 1. The number of likely N-dealkylation sites (N-methyl/N-ethyl adjacent to an activating group) is 1. The van der Waals surface area contributed by atoms with Gasteiger partial charge >= 0.3 is 0 Å². The van der Waals surface area contributed by atoms with E-state index in [0.29, 0.717) is 6.54 Å². The molecule has 3 atom stereocenters. The molecule has 0 bridgehead atoms. The first-order valence-corrected chi connectivity index (χ1v) is 6.90. The van der Waals surface area contributed by atoms with Gasteiger partial charge in [-0.3, -0.25) is 4.79 Å². The molecular formula is C13H25ClN2O. The quantitative estimate of drug-likeness (QED) is 0.787. The van der Waals surface area contributed by atoms with Gasteiger partial charge < -0.3 is 10.2 Å². The molecule has 1 amide bonds. The first-order valence-electron chi connectivity index (χ1n) is 6.46. The van der Waals surface area contributed by atoms with Gasteiger partial charge in [0.15, 0.2) is 0 Å². The van der Waals surface area contributed by atoms with Crippen LogP contribution in [0.5, 0.6) is 0 Å². The first kappa shape index (κ1) is 14.8. The second kappa shape index (κ2) is 6.05. The average molecular weight is 261 g/mol. The van der Waals surface area contributed by atoms with Crippen LogP contribution in [0.4, 0.5) is 0 Å². The van der Waals surface area contributed by atoms with E-state index in [1.165, 1.54) is 12.8 Å². The highest BCUT2D eigenvalue weighted by atomic mass is 35.5. The predicted molar refractivity (Wildman–Crippen MR) is 72.4 cm³/mol. The van der Waals surface area contributed by atoms with Crippen LogP contribution in [0.3, 0.4) is 0 Å². The number of carbonyl (C=O) groups excluding carboxylic acids is 1. The van der Waals surface area contributed by atoms with E-state index in [4.69, 9.17) is 11.6 Å². The zero-order chi connectivity index (χ0) is 13.1. The molecule has 1 aliphatic carbocycles.